The van der Waals surface area contributed by atoms with Gasteiger partial charge in [0, 0.05) is 18.5 Å². The zero-order valence-corrected chi connectivity index (χ0v) is 15.7. The first kappa shape index (κ1) is 18.7. The van der Waals surface area contributed by atoms with E-state index in [9.17, 15) is 4.79 Å². The van der Waals surface area contributed by atoms with E-state index in [0.717, 1.165) is 30.9 Å². The van der Waals surface area contributed by atoms with Crippen LogP contribution in [0.15, 0.2) is 54.6 Å². The van der Waals surface area contributed by atoms with Crippen molar-refractivity contribution >= 4 is 5.78 Å². The number of nitrogens with zero attached hydrogens (tertiary/aromatic N) is 1. The molecule has 1 aliphatic rings. The largest absolute Gasteiger partial charge is 0.494 e. The first-order valence-corrected chi connectivity index (χ1v) is 9.79. The van der Waals surface area contributed by atoms with Gasteiger partial charge in [-0.05, 0) is 68.1 Å². The molecule has 0 N–H and O–H groups in total. The van der Waals surface area contributed by atoms with Crippen LogP contribution in [0.4, 0.5) is 0 Å². The molecule has 0 amide bonds. The number of ether oxygens (including phenoxy) is 1. The first-order valence-electron chi connectivity index (χ1n) is 9.79. The lowest BCUT2D eigenvalue weighted by Gasteiger charge is -2.32. The number of carbonyl (C=O) groups excluding carboxylic acids is 1. The van der Waals surface area contributed by atoms with E-state index >= 15 is 0 Å². The summed E-state index contributed by atoms with van der Waals surface area (Å²) in [5, 5.41) is 0. The molecule has 0 bridgehead atoms. The summed E-state index contributed by atoms with van der Waals surface area (Å²) in [6.07, 6.45) is 4.07. The van der Waals surface area contributed by atoms with Crippen molar-refractivity contribution in [3.8, 4) is 5.75 Å². The molecule has 0 aromatic heterocycles. The van der Waals surface area contributed by atoms with Crippen molar-refractivity contribution < 1.29 is 9.53 Å². The number of benzene rings is 2. The maximum atomic E-state index is 11.6. The molecule has 1 fully saturated rings. The minimum atomic E-state index is 0.176. The van der Waals surface area contributed by atoms with Crippen molar-refractivity contribution in [2.24, 2.45) is 0 Å². The molecule has 2 aromatic rings. The number of piperidine rings is 1. The lowest BCUT2D eigenvalue weighted by Crippen LogP contribution is -2.34. The third-order valence-corrected chi connectivity index (χ3v) is 5.24. The summed E-state index contributed by atoms with van der Waals surface area (Å²) in [6.45, 7) is 6.05. The quantitative estimate of drug-likeness (QED) is 0.499. The van der Waals surface area contributed by atoms with Gasteiger partial charge in [0.25, 0.3) is 0 Å². The summed E-state index contributed by atoms with van der Waals surface area (Å²) >= 11 is 0. The van der Waals surface area contributed by atoms with Crippen molar-refractivity contribution in [1.82, 2.24) is 4.90 Å². The molecule has 3 heteroatoms. The van der Waals surface area contributed by atoms with E-state index in [4.69, 9.17) is 4.74 Å². The van der Waals surface area contributed by atoms with Gasteiger partial charge in [-0.25, -0.2) is 0 Å². The molecule has 0 radical (unpaired) electrons. The number of ketones is 1. The predicted molar refractivity (Wildman–Crippen MR) is 106 cm³/mol. The van der Waals surface area contributed by atoms with Crippen molar-refractivity contribution in [3.63, 3.8) is 0 Å². The minimum Gasteiger partial charge on any atom is -0.494 e. The van der Waals surface area contributed by atoms with Gasteiger partial charge < -0.3 is 9.64 Å². The Labute approximate surface area is 157 Å². The van der Waals surface area contributed by atoms with Crippen LogP contribution in [0.2, 0.25) is 0 Å². The summed E-state index contributed by atoms with van der Waals surface area (Å²) in [5.74, 6) is 1.74. The summed E-state index contributed by atoms with van der Waals surface area (Å²) in [5.41, 5.74) is 2.25. The molecule has 138 valence electrons. The smallest absolute Gasteiger partial charge is 0.162 e. The van der Waals surface area contributed by atoms with Gasteiger partial charge in [-0.3, -0.25) is 4.79 Å². The molecule has 3 rings (SSSR count). The van der Waals surface area contributed by atoms with Crippen LogP contribution in [0.25, 0.3) is 0 Å². The number of hydrogen-bond acceptors (Lipinski definition) is 3. The Morgan fingerprint density at radius 2 is 1.73 bits per heavy atom. The molecule has 0 spiro atoms. The van der Waals surface area contributed by atoms with Gasteiger partial charge in [-0.2, -0.15) is 0 Å². The zero-order chi connectivity index (χ0) is 18.2. The fraction of sp³-hybridized carbons (Fsp3) is 0.435. The number of likely N-dealkylation sites (tertiary alicyclic amines) is 1. The molecule has 0 atom stereocenters. The highest BCUT2D eigenvalue weighted by Crippen LogP contribution is 2.27. The lowest BCUT2D eigenvalue weighted by molar-refractivity contribution is 0.0988. The van der Waals surface area contributed by atoms with Gasteiger partial charge in [-0.1, -0.05) is 37.3 Å². The second-order valence-corrected chi connectivity index (χ2v) is 7.03. The summed E-state index contributed by atoms with van der Waals surface area (Å²) < 4.78 is 5.82. The van der Waals surface area contributed by atoms with Crippen molar-refractivity contribution in [2.75, 3.05) is 26.2 Å². The first-order chi connectivity index (χ1) is 12.8. The number of Topliss-reactive ketones (excluding diaryl/α,β-unsaturated/α-hetero) is 1. The Hall–Kier alpha value is -2.13. The van der Waals surface area contributed by atoms with Crippen LogP contribution in [0.1, 0.15) is 54.4 Å². The highest BCUT2D eigenvalue weighted by Gasteiger charge is 2.19. The van der Waals surface area contributed by atoms with Crippen LogP contribution in [0, 0.1) is 0 Å². The minimum absolute atomic E-state index is 0.176. The van der Waals surface area contributed by atoms with Crippen LogP contribution in [-0.4, -0.2) is 36.9 Å². The van der Waals surface area contributed by atoms with Gasteiger partial charge in [0.2, 0.25) is 0 Å². The van der Waals surface area contributed by atoms with Crippen LogP contribution < -0.4 is 4.74 Å². The van der Waals surface area contributed by atoms with E-state index in [1.165, 1.54) is 31.5 Å². The molecule has 2 aromatic carbocycles. The summed E-state index contributed by atoms with van der Waals surface area (Å²) in [7, 11) is 0. The number of carbonyl (C=O) groups is 1. The van der Waals surface area contributed by atoms with E-state index in [1.807, 2.05) is 31.2 Å². The second-order valence-electron chi connectivity index (χ2n) is 7.03. The van der Waals surface area contributed by atoms with Crippen LogP contribution in [-0.2, 0) is 0 Å². The Kier molecular flexibility index (Phi) is 6.84. The molecule has 1 heterocycles. The Morgan fingerprint density at radius 3 is 2.38 bits per heavy atom. The summed E-state index contributed by atoms with van der Waals surface area (Å²) in [6, 6.07) is 18.4. The normalized spacial score (nSPS) is 15.7. The SMILES string of the molecule is CCC(=O)c1ccc(OCCCN2CCC(c3ccccc3)CC2)cc1. The average Bonchev–Trinajstić information content (AvgIpc) is 2.72. The molecule has 1 saturated heterocycles. The molecule has 0 unspecified atom stereocenters. The van der Waals surface area contributed by atoms with E-state index in [0.29, 0.717) is 12.3 Å². The topological polar surface area (TPSA) is 29.5 Å². The van der Waals surface area contributed by atoms with Gasteiger partial charge in [0.15, 0.2) is 5.78 Å². The van der Waals surface area contributed by atoms with Crippen LogP contribution >= 0.6 is 0 Å². The average molecular weight is 351 g/mol. The van der Waals surface area contributed by atoms with Gasteiger partial charge in [-0.15, -0.1) is 0 Å². The molecule has 0 saturated carbocycles. The van der Waals surface area contributed by atoms with Gasteiger partial charge >= 0.3 is 0 Å². The van der Waals surface area contributed by atoms with Crippen LogP contribution in [0.5, 0.6) is 5.75 Å². The maximum absolute atomic E-state index is 11.6. The standard InChI is InChI=1S/C23H29NO2/c1-2-23(25)21-9-11-22(12-10-21)26-18-6-15-24-16-13-20(14-17-24)19-7-4-3-5-8-19/h3-5,7-12,20H,2,6,13-18H2,1H3. The van der Waals surface area contributed by atoms with Crippen LogP contribution in [0.3, 0.4) is 0 Å². The molecule has 26 heavy (non-hydrogen) atoms. The van der Waals surface area contributed by atoms with Crippen molar-refractivity contribution in [2.45, 2.75) is 38.5 Å². The van der Waals surface area contributed by atoms with E-state index in [1.54, 1.807) is 0 Å². The molecule has 0 aliphatic carbocycles. The summed E-state index contributed by atoms with van der Waals surface area (Å²) in [4.78, 5) is 14.2. The zero-order valence-electron chi connectivity index (χ0n) is 15.7. The fourth-order valence-corrected chi connectivity index (χ4v) is 3.63. The molecular weight excluding hydrogens is 322 g/mol. The molecular formula is C23H29NO2. The highest BCUT2D eigenvalue weighted by atomic mass is 16.5. The highest BCUT2D eigenvalue weighted by molar-refractivity contribution is 5.95. The van der Waals surface area contributed by atoms with Crippen molar-refractivity contribution in [3.05, 3.63) is 65.7 Å². The third-order valence-electron chi connectivity index (χ3n) is 5.24. The number of rotatable bonds is 8. The van der Waals surface area contributed by atoms with E-state index in [2.05, 4.69) is 35.2 Å². The van der Waals surface area contributed by atoms with Crippen molar-refractivity contribution in [1.29, 1.82) is 0 Å². The Bertz CT molecular complexity index is 673. The third kappa shape index (κ3) is 5.18. The molecule has 3 nitrogen and oxygen atoms in total. The number of hydrogen-bond donors (Lipinski definition) is 0. The predicted octanol–water partition coefficient (Wildman–Crippen LogP) is 4.93. The monoisotopic (exact) mass is 351 g/mol. The van der Waals surface area contributed by atoms with Gasteiger partial charge in [0.1, 0.15) is 5.75 Å². The Morgan fingerprint density at radius 1 is 1.04 bits per heavy atom. The molecule has 1 aliphatic heterocycles. The van der Waals surface area contributed by atoms with Gasteiger partial charge in [0.05, 0.1) is 6.61 Å². The fourth-order valence-electron chi connectivity index (χ4n) is 3.63. The Balaban J connectivity index is 1.34. The van der Waals surface area contributed by atoms with E-state index in [-0.39, 0.29) is 5.78 Å². The second kappa shape index (κ2) is 9.54. The lowest BCUT2D eigenvalue weighted by atomic mass is 9.89. The van der Waals surface area contributed by atoms with E-state index < -0.39 is 0 Å². The maximum Gasteiger partial charge on any atom is 0.162 e.